The molecule has 0 spiro atoms. The van der Waals surface area contributed by atoms with Crippen LogP contribution in [0.15, 0.2) is 0 Å². The van der Waals surface area contributed by atoms with Crippen molar-refractivity contribution in [3.05, 3.63) is 0 Å². The van der Waals surface area contributed by atoms with Gasteiger partial charge in [0.1, 0.15) is 0 Å². The summed E-state index contributed by atoms with van der Waals surface area (Å²) in [7, 11) is 7.62. The van der Waals surface area contributed by atoms with Crippen LogP contribution in [0.3, 0.4) is 0 Å². The lowest BCUT2D eigenvalue weighted by molar-refractivity contribution is 0.420. The van der Waals surface area contributed by atoms with Gasteiger partial charge in [0.25, 0.3) is 0 Å². The Kier molecular flexibility index (Phi) is 7.30. The molecule has 1 fully saturated rings. The Hall–Kier alpha value is 0.130. The van der Waals surface area contributed by atoms with E-state index >= 15 is 0 Å². The Balaban J connectivity index is 2.23. The Morgan fingerprint density at radius 2 is 1.27 bits per heavy atom. The number of hydrogen-bond donors (Lipinski definition) is 0. The number of rotatable bonds is 1. The predicted octanol–water partition coefficient (Wildman–Crippen LogP) is 4.11. The molecule has 1 rings (SSSR count). The van der Waals surface area contributed by atoms with E-state index in [1.54, 1.807) is 0 Å². The molecule has 0 bridgehead atoms. The van der Waals surface area contributed by atoms with Gasteiger partial charge < -0.3 is 0 Å². The maximum atomic E-state index is 5.68. The van der Waals surface area contributed by atoms with E-state index in [1.807, 2.05) is 7.17 Å². The van der Waals surface area contributed by atoms with Crippen molar-refractivity contribution < 1.29 is 0 Å². The SMILES string of the molecule is [B][B]C1CCCCCC(C)CCCCC1. The van der Waals surface area contributed by atoms with Gasteiger partial charge in [0.05, 0.1) is 7.17 Å². The molecule has 0 unspecified atom stereocenters. The van der Waals surface area contributed by atoms with E-state index in [4.69, 9.17) is 7.74 Å². The second-order valence-electron chi connectivity index (χ2n) is 5.33. The van der Waals surface area contributed by atoms with E-state index in [-0.39, 0.29) is 0 Å². The van der Waals surface area contributed by atoms with Crippen molar-refractivity contribution in [3.63, 3.8) is 0 Å². The number of hydrogen-bond acceptors (Lipinski definition) is 0. The van der Waals surface area contributed by atoms with E-state index in [0.29, 0.717) is 5.82 Å². The van der Waals surface area contributed by atoms with Crippen LogP contribution in [0.1, 0.15) is 71.1 Å². The van der Waals surface area contributed by atoms with E-state index in [2.05, 4.69) is 6.92 Å². The molecular weight excluding hydrogens is 178 g/mol. The Morgan fingerprint density at radius 1 is 0.800 bits per heavy atom. The molecule has 0 aromatic heterocycles. The first-order valence-corrected chi connectivity index (χ1v) is 6.88. The third kappa shape index (κ3) is 6.33. The molecule has 0 N–H and O–H groups in total. The molecule has 0 aromatic carbocycles. The lowest BCUT2D eigenvalue weighted by Gasteiger charge is -2.17. The van der Waals surface area contributed by atoms with Gasteiger partial charge in [-0.3, -0.25) is 0 Å². The van der Waals surface area contributed by atoms with Crippen LogP contribution in [0.5, 0.6) is 0 Å². The summed E-state index contributed by atoms with van der Waals surface area (Å²) >= 11 is 0. The summed E-state index contributed by atoms with van der Waals surface area (Å²) in [5, 5.41) is 0. The van der Waals surface area contributed by atoms with Crippen LogP contribution in [-0.4, -0.2) is 14.9 Å². The fraction of sp³-hybridized carbons (Fsp3) is 1.00. The van der Waals surface area contributed by atoms with E-state index in [9.17, 15) is 0 Å². The molecule has 0 aromatic rings. The fourth-order valence-electron chi connectivity index (χ4n) is 2.63. The Bertz CT molecular complexity index is 133. The van der Waals surface area contributed by atoms with Crippen LogP contribution in [0.25, 0.3) is 0 Å². The zero-order valence-electron chi connectivity index (χ0n) is 10.4. The van der Waals surface area contributed by atoms with Crippen molar-refractivity contribution in [1.82, 2.24) is 0 Å². The summed E-state index contributed by atoms with van der Waals surface area (Å²) in [5.74, 6) is 1.66. The van der Waals surface area contributed by atoms with Crippen molar-refractivity contribution in [3.8, 4) is 0 Å². The highest BCUT2D eigenvalue weighted by molar-refractivity contribution is 6.90. The minimum absolute atomic E-state index is 0.696. The van der Waals surface area contributed by atoms with Gasteiger partial charge in [0.15, 0.2) is 0 Å². The molecule has 2 heteroatoms. The van der Waals surface area contributed by atoms with Crippen molar-refractivity contribution in [2.24, 2.45) is 5.92 Å². The summed E-state index contributed by atoms with van der Waals surface area (Å²) in [6, 6.07) is 0. The third-order valence-electron chi connectivity index (χ3n) is 3.82. The van der Waals surface area contributed by atoms with Crippen LogP contribution in [0.4, 0.5) is 0 Å². The standard InChI is InChI=1S/C13H25B2/c1-12-8-4-2-6-10-13(15-14)11-7-3-5-9-12/h12-13H,2-11H2,1H3. The molecule has 83 valence electrons. The molecule has 0 aliphatic heterocycles. The molecule has 0 amide bonds. The summed E-state index contributed by atoms with van der Waals surface area (Å²) in [6.07, 6.45) is 14.0. The van der Waals surface area contributed by atoms with Crippen molar-refractivity contribution in [1.29, 1.82) is 0 Å². The second-order valence-corrected chi connectivity index (χ2v) is 5.33. The average molecular weight is 203 g/mol. The van der Waals surface area contributed by atoms with Crippen molar-refractivity contribution in [2.45, 2.75) is 76.9 Å². The molecule has 15 heavy (non-hydrogen) atoms. The van der Waals surface area contributed by atoms with Gasteiger partial charge in [0.2, 0.25) is 0 Å². The smallest absolute Gasteiger partial charge is 0.0587 e. The topological polar surface area (TPSA) is 0 Å². The first kappa shape index (κ1) is 13.2. The molecule has 1 aliphatic carbocycles. The van der Waals surface area contributed by atoms with Crippen LogP contribution in [0, 0.1) is 5.92 Å². The minimum atomic E-state index is 0.696. The molecule has 0 atom stereocenters. The largest absolute Gasteiger partial charge is 0.0782 e. The Morgan fingerprint density at radius 3 is 1.73 bits per heavy atom. The summed E-state index contributed by atoms with van der Waals surface area (Å²) < 4.78 is 0. The van der Waals surface area contributed by atoms with Gasteiger partial charge in [-0.15, -0.1) is 0 Å². The molecule has 1 saturated carbocycles. The highest BCUT2D eigenvalue weighted by Gasteiger charge is 2.08. The molecule has 0 heterocycles. The van der Waals surface area contributed by atoms with Crippen LogP contribution < -0.4 is 0 Å². The fourth-order valence-corrected chi connectivity index (χ4v) is 2.63. The van der Waals surface area contributed by atoms with E-state index in [1.165, 1.54) is 64.2 Å². The normalized spacial score (nSPS) is 31.3. The van der Waals surface area contributed by atoms with Crippen LogP contribution >= 0.6 is 0 Å². The van der Waals surface area contributed by atoms with Crippen LogP contribution in [0.2, 0.25) is 5.82 Å². The maximum absolute atomic E-state index is 5.68. The van der Waals surface area contributed by atoms with Crippen LogP contribution in [-0.2, 0) is 0 Å². The zero-order chi connectivity index (χ0) is 10.9. The molecule has 1 aliphatic rings. The van der Waals surface area contributed by atoms with E-state index < -0.39 is 0 Å². The van der Waals surface area contributed by atoms with Gasteiger partial charge in [-0.25, -0.2) is 0 Å². The van der Waals surface area contributed by atoms with Gasteiger partial charge >= 0.3 is 0 Å². The highest BCUT2D eigenvalue weighted by Crippen LogP contribution is 2.25. The highest BCUT2D eigenvalue weighted by atomic mass is 14.1. The molecule has 3 radical (unpaired) electrons. The maximum Gasteiger partial charge on any atom is 0.0587 e. The molecule has 0 nitrogen and oxygen atoms in total. The predicted molar refractivity (Wildman–Crippen MR) is 70.6 cm³/mol. The second kappa shape index (κ2) is 8.30. The lowest BCUT2D eigenvalue weighted by Crippen LogP contribution is -2.05. The average Bonchev–Trinajstić information content (AvgIpc) is 2.23. The monoisotopic (exact) mass is 203 g/mol. The van der Waals surface area contributed by atoms with Gasteiger partial charge in [-0.2, -0.15) is 0 Å². The quantitative estimate of drug-likeness (QED) is 0.562. The van der Waals surface area contributed by atoms with E-state index in [0.717, 1.165) is 5.92 Å². The zero-order valence-corrected chi connectivity index (χ0v) is 10.4. The Labute approximate surface area is 98.2 Å². The van der Waals surface area contributed by atoms with Gasteiger partial charge in [-0.1, -0.05) is 76.9 Å². The van der Waals surface area contributed by atoms with Gasteiger partial charge in [-0.05, 0) is 5.92 Å². The first-order chi connectivity index (χ1) is 7.33. The van der Waals surface area contributed by atoms with Crippen molar-refractivity contribution in [2.75, 3.05) is 0 Å². The first-order valence-electron chi connectivity index (χ1n) is 6.88. The third-order valence-corrected chi connectivity index (χ3v) is 3.82. The summed E-state index contributed by atoms with van der Waals surface area (Å²) in [5.41, 5.74) is 0. The minimum Gasteiger partial charge on any atom is -0.0782 e. The molecular formula is C13H25B2. The lowest BCUT2D eigenvalue weighted by atomic mass is 9.45. The summed E-state index contributed by atoms with van der Waals surface area (Å²) in [6.45, 7) is 2.42. The van der Waals surface area contributed by atoms with Crippen molar-refractivity contribution >= 4 is 14.9 Å². The summed E-state index contributed by atoms with van der Waals surface area (Å²) in [4.78, 5) is 0. The molecule has 0 saturated heterocycles. The van der Waals surface area contributed by atoms with Gasteiger partial charge in [0, 0.05) is 7.74 Å².